The molecular formula is C27H27NO4. The zero-order valence-corrected chi connectivity index (χ0v) is 18.4. The highest BCUT2D eigenvalue weighted by Crippen LogP contribution is 2.33. The lowest BCUT2D eigenvalue weighted by Gasteiger charge is -2.11. The first kappa shape index (κ1) is 21.5. The number of carbonyl (C=O) groups is 1. The third-order valence-electron chi connectivity index (χ3n) is 5.75. The van der Waals surface area contributed by atoms with Crippen LogP contribution in [0.2, 0.25) is 0 Å². The maximum Gasteiger partial charge on any atom is 0.303 e. The highest BCUT2D eigenvalue weighted by atomic mass is 16.5. The van der Waals surface area contributed by atoms with E-state index in [4.69, 9.17) is 14.6 Å². The first-order valence-corrected chi connectivity index (χ1v) is 10.7. The Morgan fingerprint density at radius 3 is 2.34 bits per heavy atom. The number of fused-ring (bicyclic) bond motifs is 1. The van der Waals surface area contributed by atoms with E-state index >= 15 is 0 Å². The van der Waals surface area contributed by atoms with Gasteiger partial charge in [0.2, 0.25) is 0 Å². The summed E-state index contributed by atoms with van der Waals surface area (Å²) in [5.41, 5.74) is 5.62. The fraction of sp³-hybridized carbons (Fsp3) is 0.222. The Morgan fingerprint density at radius 2 is 1.62 bits per heavy atom. The third kappa shape index (κ3) is 4.62. The number of carboxylic acids is 1. The van der Waals surface area contributed by atoms with E-state index in [-0.39, 0.29) is 6.42 Å². The summed E-state index contributed by atoms with van der Waals surface area (Å²) < 4.78 is 13.1. The minimum atomic E-state index is -0.780. The van der Waals surface area contributed by atoms with Crippen LogP contribution in [0.4, 0.5) is 0 Å². The molecule has 0 saturated heterocycles. The van der Waals surface area contributed by atoms with Crippen LogP contribution in [0, 0.1) is 0 Å². The van der Waals surface area contributed by atoms with Gasteiger partial charge in [0.15, 0.2) is 11.5 Å². The van der Waals surface area contributed by atoms with Crippen molar-refractivity contribution in [1.82, 2.24) is 4.57 Å². The summed E-state index contributed by atoms with van der Waals surface area (Å²) in [6.45, 7) is 0. The molecule has 5 nitrogen and oxygen atoms in total. The second-order valence-electron chi connectivity index (χ2n) is 7.79. The summed E-state index contributed by atoms with van der Waals surface area (Å²) >= 11 is 0. The van der Waals surface area contributed by atoms with Gasteiger partial charge in [-0.2, -0.15) is 0 Å². The summed E-state index contributed by atoms with van der Waals surface area (Å²) in [5.74, 6) is 0.584. The predicted molar refractivity (Wildman–Crippen MR) is 126 cm³/mol. The standard InChI is InChI=1S/C27H27NO4/c1-31-25-14-12-22(17-26(25)32-2)28-18-21(11-8-19-6-4-3-5-7-19)23-16-20(9-13-24(23)28)10-15-27(29)30/h3-7,9,12-14,16-18H,8,10-11,15H2,1-2H3,(H,29,30). The van der Waals surface area contributed by atoms with Gasteiger partial charge < -0.3 is 19.1 Å². The number of rotatable bonds is 9. The molecule has 0 bridgehead atoms. The van der Waals surface area contributed by atoms with Gasteiger partial charge in [-0.15, -0.1) is 0 Å². The molecule has 0 unspecified atom stereocenters. The summed E-state index contributed by atoms with van der Waals surface area (Å²) in [6.07, 6.45) is 4.65. The minimum Gasteiger partial charge on any atom is -0.493 e. The molecule has 3 aromatic carbocycles. The second kappa shape index (κ2) is 9.60. The number of nitrogens with zero attached hydrogens (tertiary/aromatic N) is 1. The van der Waals surface area contributed by atoms with E-state index < -0.39 is 5.97 Å². The molecule has 0 atom stereocenters. The molecule has 1 aromatic heterocycles. The molecule has 1 N–H and O–H groups in total. The zero-order chi connectivity index (χ0) is 22.5. The smallest absolute Gasteiger partial charge is 0.303 e. The first-order valence-electron chi connectivity index (χ1n) is 10.7. The highest BCUT2D eigenvalue weighted by molar-refractivity contribution is 5.86. The number of aliphatic carboxylic acids is 1. The summed E-state index contributed by atoms with van der Waals surface area (Å²) in [4.78, 5) is 11.0. The van der Waals surface area contributed by atoms with Crippen molar-refractivity contribution in [1.29, 1.82) is 0 Å². The molecule has 0 radical (unpaired) electrons. The van der Waals surface area contributed by atoms with E-state index in [0.717, 1.165) is 35.0 Å². The van der Waals surface area contributed by atoms with Crippen molar-refractivity contribution in [3.63, 3.8) is 0 Å². The number of hydrogen-bond donors (Lipinski definition) is 1. The SMILES string of the molecule is COc1ccc(-n2cc(CCc3ccccc3)c3cc(CCC(=O)O)ccc32)cc1OC. The molecule has 1 heterocycles. The maximum atomic E-state index is 11.0. The monoisotopic (exact) mass is 429 g/mol. The van der Waals surface area contributed by atoms with Gasteiger partial charge in [0.25, 0.3) is 0 Å². The number of ether oxygens (including phenoxy) is 2. The largest absolute Gasteiger partial charge is 0.493 e. The van der Waals surface area contributed by atoms with E-state index in [9.17, 15) is 4.79 Å². The van der Waals surface area contributed by atoms with Crippen molar-refractivity contribution < 1.29 is 19.4 Å². The number of benzene rings is 3. The van der Waals surface area contributed by atoms with Crippen LogP contribution in [0.15, 0.2) is 72.9 Å². The van der Waals surface area contributed by atoms with Gasteiger partial charge >= 0.3 is 5.97 Å². The van der Waals surface area contributed by atoms with Gasteiger partial charge in [0.1, 0.15) is 0 Å². The van der Waals surface area contributed by atoms with Crippen LogP contribution in [0.25, 0.3) is 16.6 Å². The van der Waals surface area contributed by atoms with Crippen molar-refractivity contribution in [3.05, 3.63) is 89.6 Å². The van der Waals surface area contributed by atoms with Gasteiger partial charge in [-0.1, -0.05) is 36.4 Å². The lowest BCUT2D eigenvalue weighted by molar-refractivity contribution is -0.136. The number of aromatic nitrogens is 1. The lowest BCUT2D eigenvalue weighted by atomic mass is 10.0. The molecule has 164 valence electrons. The van der Waals surface area contributed by atoms with E-state index in [1.54, 1.807) is 14.2 Å². The fourth-order valence-corrected chi connectivity index (χ4v) is 4.06. The molecule has 0 aliphatic heterocycles. The molecule has 4 aromatic rings. The second-order valence-corrected chi connectivity index (χ2v) is 7.79. The highest BCUT2D eigenvalue weighted by Gasteiger charge is 2.14. The van der Waals surface area contributed by atoms with Crippen LogP contribution >= 0.6 is 0 Å². The van der Waals surface area contributed by atoms with E-state index in [1.165, 1.54) is 11.1 Å². The molecule has 5 heteroatoms. The van der Waals surface area contributed by atoms with Crippen molar-refractivity contribution in [2.24, 2.45) is 0 Å². The summed E-state index contributed by atoms with van der Waals surface area (Å²) in [7, 11) is 3.26. The molecule has 4 rings (SSSR count). The number of carboxylic acid groups (broad SMARTS) is 1. The van der Waals surface area contributed by atoms with Gasteiger partial charge in [0, 0.05) is 29.8 Å². The normalized spacial score (nSPS) is 10.9. The lowest BCUT2D eigenvalue weighted by Crippen LogP contribution is -1.98. The number of hydrogen-bond acceptors (Lipinski definition) is 3. The zero-order valence-electron chi connectivity index (χ0n) is 18.4. The molecular weight excluding hydrogens is 402 g/mol. The van der Waals surface area contributed by atoms with Crippen LogP contribution in [0.3, 0.4) is 0 Å². The molecule has 0 aliphatic carbocycles. The van der Waals surface area contributed by atoms with Crippen molar-refractivity contribution >= 4 is 16.9 Å². The Balaban J connectivity index is 1.76. The van der Waals surface area contributed by atoms with Crippen LogP contribution in [-0.2, 0) is 24.1 Å². The Morgan fingerprint density at radius 1 is 0.844 bits per heavy atom. The number of methoxy groups -OCH3 is 2. The topological polar surface area (TPSA) is 60.7 Å². The minimum absolute atomic E-state index is 0.126. The number of aryl methyl sites for hydroxylation is 3. The quantitative estimate of drug-likeness (QED) is 0.384. The molecule has 0 saturated carbocycles. The van der Waals surface area contributed by atoms with E-state index in [1.807, 2.05) is 30.3 Å². The first-order chi connectivity index (χ1) is 15.6. The molecule has 0 spiro atoms. The average Bonchev–Trinajstić information content (AvgIpc) is 3.19. The third-order valence-corrected chi connectivity index (χ3v) is 5.75. The predicted octanol–water partition coefficient (Wildman–Crippen LogP) is 5.45. The van der Waals surface area contributed by atoms with Crippen LogP contribution in [0.5, 0.6) is 11.5 Å². The Kier molecular flexibility index (Phi) is 6.45. The summed E-state index contributed by atoms with van der Waals surface area (Å²) in [6, 6.07) is 22.6. The van der Waals surface area contributed by atoms with Crippen LogP contribution < -0.4 is 9.47 Å². The van der Waals surface area contributed by atoms with Gasteiger partial charge in [-0.25, -0.2) is 0 Å². The van der Waals surface area contributed by atoms with Gasteiger partial charge in [0.05, 0.1) is 19.7 Å². The Labute approximate surface area is 187 Å². The Hall–Kier alpha value is -3.73. The molecule has 0 amide bonds. The van der Waals surface area contributed by atoms with Crippen LogP contribution in [0.1, 0.15) is 23.1 Å². The molecule has 32 heavy (non-hydrogen) atoms. The fourth-order valence-electron chi connectivity index (χ4n) is 4.06. The van der Waals surface area contributed by atoms with Crippen molar-refractivity contribution in [2.75, 3.05) is 14.2 Å². The van der Waals surface area contributed by atoms with Crippen molar-refractivity contribution in [2.45, 2.75) is 25.7 Å². The van der Waals surface area contributed by atoms with Gasteiger partial charge in [-0.3, -0.25) is 4.79 Å². The van der Waals surface area contributed by atoms with E-state index in [0.29, 0.717) is 17.9 Å². The van der Waals surface area contributed by atoms with Crippen molar-refractivity contribution in [3.8, 4) is 17.2 Å². The average molecular weight is 430 g/mol. The summed E-state index contributed by atoms with van der Waals surface area (Å²) in [5, 5.41) is 10.2. The molecule has 0 fully saturated rings. The van der Waals surface area contributed by atoms with Crippen LogP contribution in [-0.4, -0.2) is 29.9 Å². The molecule has 0 aliphatic rings. The Bertz CT molecular complexity index is 1230. The van der Waals surface area contributed by atoms with E-state index in [2.05, 4.69) is 47.2 Å². The maximum absolute atomic E-state index is 11.0. The van der Waals surface area contributed by atoms with Gasteiger partial charge in [-0.05, 0) is 60.2 Å².